The maximum absolute atomic E-state index is 3.46. The summed E-state index contributed by atoms with van der Waals surface area (Å²) in [7, 11) is 6.43. The molecule has 2 nitrogen and oxygen atoms in total. The van der Waals surface area contributed by atoms with Crippen LogP contribution in [0.2, 0.25) is 0 Å². The Balaban J connectivity index is 2.28. The fourth-order valence-electron chi connectivity index (χ4n) is 2.73. The second kappa shape index (κ2) is 7.24. The quantitative estimate of drug-likeness (QED) is 0.704. The second-order valence-corrected chi connectivity index (χ2v) is 5.34. The van der Waals surface area contributed by atoms with Crippen LogP contribution >= 0.6 is 0 Å². The highest BCUT2D eigenvalue weighted by atomic mass is 15.1. The topological polar surface area (TPSA) is 15.3 Å². The van der Waals surface area contributed by atoms with Gasteiger partial charge in [0.05, 0.1) is 0 Å². The highest BCUT2D eigenvalue weighted by molar-refractivity contribution is 4.74. The van der Waals surface area contributed by atoms with E-state index in [-0.39, 0.29) is 0 Å². The minimum atomic E-state index is 0.683. The lowest BCUT2D eigenvalue weighted by molar-refractivity contribution is 0.292. The van der Waals surface area contributed by atoms with Gasteiger partial charge in [-0.05, 0) is 33.5 Å². The van der Waals surface area contributed by atoms with Gasteiger partial charge in [0, 0.05) is 12.6 Å². The number of hydrogen-bond acceptors (Lipinski definition) is 2. The summed E-state index contributed by atoms with van der Waals surface area (Å²) in [6, 6.07) is 0.683. The van der Waals surface area contributed by atoms with Crippen LogP contribution in [0.25, 0.3) is 0 Å². The number of hydrogen-bond donors (Lipinski definition) is 1. The molecule has 0 aromatic carbocycles. The van der Waals surface area contributed by atoms with Crippen molar-refractivity contribution in [3.05, 3.63) is 0 Å². The zero-order valence-corrected chi connectivity index (χ0v) is 10.8. The molecule has 15 heavy (non-hydrogen) atoms. The molecule has 1 fully saturated rings. The van der Waals surface area contributed by atoms with Crippen LogP contribution < -0.4 is 5.32 Å². The van der Waals surface area contributed by atoms with Crippen LogP contribution in [0, 0.1) is 5.92 Å². The van der Waals surface area contributed by atoms with Crippen molar-refractivity contribution < 1.29 is 0 Å². The van der Waals surface area contributed by atoms with Gasteiger partial charge in [0.15, 0.2) is 0 Å². The summed E-state index contributed by atoms with van der Waals surface area (Å²) in [6.45, 7) is 1.17. The monoisotopic (exact) mass is 212 g/mol. The van der Waals surface area contributed by atoms with E-state index in [4.69, 9.17) is 0 Å². The number of likely N-dealkylation sites (N-methyl/N-ethyl adjacent to an activating group) is 2. The van der Waals surface area contributed by atoms with E-state index in [0.29, 0.717) is 6.04 Å². The summed E-state index contributed by atoms with van der Waals surface area (Å²) < 4.78 is 0. The van der Waals surface area contributed by atoms with Gasteiger partial charge < -0.3 is 10.2 Å². The van der Waals surface area contributed by atoms with Crippen LogP contribution in [-0.4, -0.2) is 38.6 Å². The molecule has 1 aliphatic rings. The SMILES string of the molecule is CN[C@H](CC1CCCCCC1)CN(C)C. The summed E-state index contributed by atoms with van der Waals surface area (Å²) in [5.74, 6) is 0.977. The number of rotatable bonds is 5. The molecule has 0 aromatic rings. The maximum atomic E-state index is 3.46. The fourth-order valence-corrected chi connectivity index (χ4v) is 2.73. The summed E-state index contributed by atoms with van der Waals surface area (Å²) >= 11 is 0. The largest absolute Gasteiger partial charge is 0.316 e. The van der Waals surface area contributed by atoms with Crippen LogP contribution in [0.4, 0.5) is 0 Å². The molecule has 0 unspecified atom stereocenters. The summed E-state index contributed by atoms with van der Waals surface area (Å²) in [6.07, 6.45) is 10.2. The van der Waals surface area contributed by atoms with E-state index in [0.717, 1.165) is 5.92 Å². The average Bonchev–Trinajstić information content (AvgIpc) is 2.44. The predicted molar refractivity (Wildman–Crippen MR) is 67.2 cm³/mol. The summed E-state index contributed by atoms with van der Waals surface area (Å²) in [4.78, 5) is 2.29. The third-order valence-electron chi connectivity index (χ3n) is 3.59. The van der Waals surface area contributed by atoms with Gasteiger partial charge in [-0.15, -0.1) is 0 Å². The van der Waals surface area contributed by atoms with Gasteiger partial charge in [-0.25, -0.2) is 0 Å². The zero-order chi connectivity index (χ0) is 11.1. The van der Waals surface area contributed by atoms with E-state index < -0.39 is 0 Å². The van der Waals surface area contributed by atoms with Crippen molar-refractivity contribution in [2.75, 3.05) is 27.7 Å². The molecule has 0 heterocycles. The highest BCUT2D eigenvalue weighted by Gasteiger charge is 2.17. The van der Waals surface area contributed by atoms with E-state index >= 15 is 0 Å². The van der Waals surface area contributed by atoms with Crippen molar-refractivity contribution >= 4 is 0 Å². The Morgan fingerprint density at radius 1 is 1.13 bits per heavy atom. The molecule has 0 radical (unpaired) electrons. The molecule has 0 aromatic heterocycles. The maximum Gasteiger partial charge on any atom is 0.0194 e. The van der Waals surface area contributed by atoms with E-state index in [1.807, 2.05) is 0 Å². The molecule has 1 N–H and O–H groups in total. The van der Waals surface area contributed by atoms with Crippen LogP contribution in [0.15, 0.2) is 0 Å². The molecular formula is C13H28N2. The predicted octanol–water partition coefficient (Wildman–Crippen LogP) is 2.50. The fraction of sp³-hybridized carbons (Fsp3) is 1.00. The molecule has 0 saturated heterocycles. The van der Waals surface area contributed by atoms with E-state index in [2.05, 4.69) is 31.4 Å². The van der Waals surface area contributed by atoms with Crippen LogP contribution in [0.5, 0.6) is 0 Å². The second-order valence-electron chi connectivity index (χ2n) is 5.34. The first-order valence-corrected chi connectivity index (χ1v) is 6.54. The summed E-state index contributed by atoms with van der Waals surface area (Å²) in [5, 5.41) is 3.46. The normalized spacial score (nSPS) is 21.6. The van der Waals surface area contributed by atoms with Crippen LogP contribution in [-0.2, 0) is 0 Å². The first-order valence-electron chi connectivity index (χ1n) is 6.54. The lowest BCUT2D eigenvalue weighted by Crippen LogP contribution is -2.37. The van der Waals surface area contributed by atoms with Crippen molar-refractivity contribution in [1.82, 2.24) is 10.2 Å². The Morgan fingerprint density at radius 3 is 2.20 bits per heavy atom. The molecular weight excluding hydrogens is 184 g/mol. The third kappa shape index (κ3) is 5.53. The Bertz CT molecular complexity index is 149. The van der Waals surface area contributed by atoms with Gasteiger partial charge in [0.2, 0.25) is 0 Å². The molecule has 2 heteroatoms. The van der Waals surface area contributed by atoms with Crippen LogP contribution in [0.1, 0.15) is 44.9 Å². The molecule has 0 aliphatic heterocycles. The molecule has 1 aliphatic carbocycles. The Hall–Kier alpha value is -0.0800. The van der Waals surface area contributed by atoms with Gasteiger partial charge >= 0.3 is 0 Å². The van der Waals surface area contributed by atoms with Crippen molar-refractivity contribution in [2.24, 2.45) is 5.92 Å². The van der Waals surface area contributed by atoms with E-state index in [9.17, 15) is 0 Å². The minimum absolute atomic E-state index is 0.683. The first kappa shape index (κ1) is 13.0. The van der Waals surface area contributed by atoms with E-state index in [1.54, 1.807) is 0 Å². The van der Waals surface area contributed by atoms with Gasteiger partial charge in [0.1, 0.15) is 0 Å². The van der Waals surface area contributed by atoms with Gasteiger partial charge in [-0.2, -0.15) is 0 Å². The zero-order valence-electron chi connectivity index (χ0n) is 10.8. The molecule has 1 atom stereocenters. The molecule has 1 saturated carbocycles. The lowest BCUT2D eigenvalue weighted by Gasteiger charge is -2.24. The minimum Gasteiger partial charge on any atom is -0.316 e. The van der Waals surface area contributed by atoms with Crippen molar-refractivity contribution in [3.63, 3.8) is 0 Å². The lowest BCUT2D eigenvalue weighted by atomic mass is 9.92. The van der Waals surface area contributed by atoms with Gasteiger partial charge in [-0.1, -0.05) is 38.5 Å². The van der Waals surface area contributed by atoms with Crippen molar-refractivity contribution in [2.45, 2.75) is 51.0 Å². The van der Waals surface area contributed by atoms with E-state index in [1.165, 1.54) is 51.5 Å². The standard InChI is InChI=1S/C13H28N2/c1-14-13(11-15(2)3)10-12-8-6-4-5-7-9-12/h12-14H,4-11H2,1-3H3/t13-/m1/s1. The van der Waals surface area contributed by atoms with Gasteiger partial charge in [0.25, 0.3) is 0 Å². The molecule has 0 spiro atoms. The third-order valence-corrected chi connectivity index (χ3v) is 3.59. The van der Waals surface area contributed by atoms with Crippen LogP contribution in [0.3, 0.4) is 0 Å². The Kier molecular flexibility index (Phi) is 6.26. The highest BCUT2D eigenvalue weighted by Crippen LogP contribution is 2.26. The smallest absolute Gasteiger partial charge is 0.0194 e. The molecule has 0 amide bonds. The Morgan fingerprint density at radius 2 is 1.73 bits per heavy atom. The Labute approximate surface area is 95.4 Å². The van der Waals surface area contributed by atoms with Gasteiger partial charge in [-0.3, -0.25) is 0 Å². The number of nitrogens with zero attached hydrogens (tertiary/aromatic N) is 1. The first-order chi connectivity index (χ1) is 7.22. The van der Waals surface area contributed by atoms with Crippen molar-refractivity contribution in [3.8, 4) is 0 Å². The number of nitrogens with one attached hydrogen (secondary N) is 1. The summed E-state index contributed by atoms with van der Waals surface area (Å²) in [5.41, 5.74) is 0. The molecule has 1 rings (SSSR count). The molecule has 90 valence electrons. The van der Waals surface area contributed by atoms with Crippen molar-refractivity contribution in [1.29, 1.82) is 0 Å². The average molecular weight is 212 g/mol. The molecule has 0 bridgehead atoms.